The molecule has 3 nitrogen and oxygen atoms in total. The number of alkyl halides is 1. The van der Waals surface area contributed by atoms with E-state index in [0.717, 1.165) is 23.8 Å². The Balaban J connectivity index is 2.10. The first-order chi connectivity index (χ1) is 9.13. The molecular formula is C14H16ClFN2O. The van der Waals surface area contributed by atoms with Gasteiger partial charge in [-0.1, -0.05) is 6.92 Å². The van der Waals surface area contributed by atoms with Gasteiger partial charge in [-0.15, -0.1) is 11.6 Å². The summed E-state index contributed by atoms with van der Waals surface area (Å²) in [5.41, 5.74) is 1.54. The van der Waals surface area contributed by atoms with Gasteiger partial charge in [0, 0.05) is 18.7 Å². The van der Waals surface area contributed by atoms with Crippen LogP contribution in [0.15, 0.2) is 12.1 Å². The van der Waals surface area contributed by atoms with Gasteiger partial charge in [0.05, 0.1) is 24.0 Å². The molecule has 2 atom stereocenters. The lowest BCUT2D eigenvalue weighted by molar-refractivity contribution is 0.387. The van der Waals surface area contributed by atoms with E-state index in [1.54, 1.807) is 6.07 Å². The fourth-order valence-electron chi connectivity index (χ4n) is 2.53. The van der Waals surface area contributed by atoms with Crippen molar-refractivity contribution in [2.24, 2.45) is 11.8 Å². The zero-order valence-electron chi connectivity index (χ0n) is 11.0. The predicted octanol–water partition coefficient (Wildman–Crippen LogP) is 3.58. The fraction of sp³-hybridized carbons (Fsp3) is 0.500. The van der Waals surface area contributed by atoms with Crippen molar-refractivity contribution in [2.75, 3.05) is 7.11 Å². The van der Waals surface area contributed by atoms with Crippen LogP contribution in [0.5, 0.6) is 5.75 Å². The molecule has 0 bridgehead atoms. The maximum atomic E-state index is 13.7. The molecule has 2 aromatic rings. The second-order valence-corrected chi connectivity index (χ2v) is 5.49. The van der Waals surface area contributed by atoms with Crippen molar-refractivity contribution in [3.8, 4) is 5.75 Å². The second kappa shape index (κ2) is 4.67. The van der Waals surface area contributed by atoms with E-state index in [2.05, 4.69) is 16.5 Å². The molecule has 0 spiro atoms. The topological polar surface area (TPSA) is 27.1 Å². The Labute approximate surface area is 116 Å². The summed E-state index contributed by atoms with van der Waals surface area (Å²) in [5.74, 6) is 2.42. The summed E-state index contributed by atoms with van der Waals surface area (Å²) < 4.78 is 20.8. The molecule has 3 rings (SSSR count). The summed E-state index contributed by atoms with van der Waals surface area (Å²) in [5, 5.41) is 0. The number of rotatable bonds is 4. The van der Waals surface area contributed by atoms with E-state index in [1.165, 1.54) is 19.6 Å². The lowest BCUT2D eigenvalue weighted by atomic mass is 10.2. The van der Waals surface area contributed by atoms with E-state index < -0.39 is 0 Å². The molecule has 2 unspecified atom stereocenters. The number of nitrogens with zero attached hydrogens (tertiary/aromatic N) is 2. The number of ether oxygens (including phenoxy) is 1. The van der Waals surface area contributed by atoms with E-state index >= 15 is 0 Å². The third-order valence-corrected chi connectivity index (χ3v) is 4.15. The number of hydrogen-bond donors (Lipinski definition) is 0. The first-order valence-corrected chi connectivity index (χ1v) is 6.96. The van der Waals surface area contributed by atoms with Crippen LogP contribution in [-0.4, -0.2) is 16.7 Å². The zero-order valence-corrected chi connectivity index (χ0v) is 11.7. The molecule has 1 aromatic heterocycles. The van der Waals surface area contributed by atoms with E-state index in [-0.39, 0.29) is 11.6 Å². The molecule has 0 N–H and O–H groups in total. The fourth-order valence-corrected chi connectivity index (χ4v) is 2.73. The lowest BCUT2D eigenvalue weighted by Crippen LogP contribution is -2.05. The van der Waals surface area contributed by atoms with Crippen LogP contribution in [0.1, 0.15) is 19.2 Å². The molecule has 1 heterocycles. The predicted molar refractivity (Wildman–Crippen MR) is 73.1 cm³/mol. The number of methoxy groups -OCH3 is 1. The van der Waals surface area contributed by atoms with Crippen molar-refractivity contribution in [3.63, 3.8) is 0 Å². The van der Waals surface area contributed by atoms with Crippen molar-refractivity contribution >= 4 is 22.6 Å². The minimum atomic E-state index is -0.388. The van der Waals surface area contributed by atoms with Crippen LogP contribution < -0.4 is 4.74 Å². The highest BCUT2D eigenvalue weighted by molar-refractivity contribution is 6.16. The highest BCUT2D eigenvalue weighted by atomic mass is 35.5. The Kier molecular flexibility index (Phi) is 3.13. The number of imidazole rings is 1. The number of benzene rings is 1. The Morgan fingerprint density at radius 1 is 1.53 bits per heavy atom. The van der Waals surface area contributed by atoms with Crippen molar-refractivity contribution in [3.05, 3.63) is 23.8 Å². The van der Waals surface area contributed by atoms with Crippen LogP contribution >= 0.6 is 11.6 Å². The Bertz CT molecular complexity index is 625. The SMILES string of the molecule is COc1cc2c(cc1F)nc(CCl)n2CC1CC1C. The minimum absolute atomic E-state index is 0.249. The quantitative estimate of drug-likeness (QED) is 0.802. The summed E-state index contributed by atoms with van der Waals surface area (Å²) in [6.45, 7) is 3.14. The number of aromatic nitrogens is 2. The van der Waals surface area contributed by atoms with Gasteiger partial charge in [-0.2, -0.15) is 0 Å². The van der Waals surface area contributed by atoms with E-state index in [4.69, 9.17) is 16.3 Å². The minimum Gasteiger partial charge on any atom is -0.494 e. The first-order valence-electron chi connectivity index (χ1n) is 6.42. The maximum absolute atomic E-state index is 13.7. The molecule has 0 aliphatic heterocycles. The van der Waals surface area contributed by atoms with Crippen molar-refractivity contribution in [1.29, 1.82) is 0 Å². The van der Waals surface area contributed by atoms with Crippen molar-refractivity contribution in [1.82, 2.24) is 9.55 Å². The molecule has 1 saturated carbocycles. The molecule has 102 valence electrons. The van der Waals surface area contributed by atoms with Gasteiger partial charge in [-0.05, 0) is 18.3 Å². The summed E-state index contributed by atoms with van der Waals surface area (Å²) >= 11 is 5.95. The molecular weight excluding hydrogens is 267 g/mol. The standard InChI is InChI=1S/C14H16ClFN2O/c1-8-3-9(8)7-18-12-5-13(19-2)10(16)4-11(12)17-14(18)6-15/h4-5,8-9H,3,6-7H2,1-2H3. The Morgan fingerprint density at radius 3 is 2.84 bits per heavy atom. The van der Waals surface area contributed by atoms with Crippen molar-refractivity contribution in [2.45, 2.75) is 25.8 Å². The molecule has 5 heteroatoms. The van der Waals surface area contributed by atoms with Gasteiger partial charge in [0.15, 0.2) is 11.6 Å². The van der Waals surface area contributed by atoms with Gasteiger partial charge in [-0.3, -0.25) is 0 Å². The zero-order chi connectivity index (χ0) is 13.6. The lowest BCUT2D eigenvalue weighted by Gasteiger charge is -2.08. The van der Waals surface area contributed by atoms with Gasteiger partial charge in [0.2, 0.25) is 0 Å². The van der Waals surface area contributed by atoms with Gasteiger partial charge in [0.1, 0.15) is 5.82 Å². The molecule has 19 heavy (non-hydrogen) atoms. The van der Waals surface area contributed by atoms with Gasteiger partial charge in [-0.25, -0.2) is 9.37 Å². The summed E-state index contributed by atoms with van der Waals surface area (Å²) in [6, 6.07) is 3.12. The molecule has 0 saturated heterocycles. The van der Waals surface area contributed by atoms with Crippen LogP contribution in [0.25, 0.3) is 11.0 Å². The van der Waals surface area contributed by atoms with Crippen LogP contribution in [0.3, 0.4) is 0 Å². The average molecular weight is 283 g/mol. The average Bonchev–Trinajstić information content (AvgIpc) is 2.98. The van der Waals surface area contributed by atoms with Gasteiger partial charge in [0.25, 0.3) is 0 Å². The van der Waals surface area contributed by atoms with E-state index in [0.29, 0.717) is 17.3 Å². The third-order valence-electron chi connectivity index (χ3n) is 3.91. The normalized spacial score (nSPS) is 21.9. The highest BCUT2D eigenvalue weighted by Crippen LogP contribution is 2.40. The molecule has 1 aliphatic rings. The molecule has 1 aliphatic carbocycles. The number of hydrogen-bond acceptors (Lipinski definition) is 2. The smallest absolute Gasteiger partial charge is 0.167 e. The highest BCUT2D eigenvalue weighted by Gasteiger charge is 2.33. The van der Waals surface area contributed by atoms with Crippen LogP contribution in [0, 0.1) is 17.7 Å². The number of halogens is 2. The van der Waals surface area contributed by atoms with E-state index in [1.807, 2.05) is 0 Å². The van der Waals surface area contributed by atoms with Crippen molar-refractivity contribution < 1.29 is 9.13 Å². The third kappa shape index (κ3) is 2.18. The second-order valence-electron chi connectivity index (χ2n) is 5.22. The van der Waals surface area contributed by atoms with Gasteiger partial charge >= 0.3 is 0 Å². The molecule has 0 amide bonds. The monoisotopic (exact) mass is 282 g/mol. The Morgan fingerprint density at radius 2 is 2.26 bits per heavy atom. The summed E-state index contributed by atoms with van der Waals surface area (Å²) in [4.78, 5) is 4.41. The van der Waals surface area contributed by atoms with Gasteiger partial charge < -0.3 is 9.30 Å². The largest absolute Gasteiger partial charge is 0.494 e. The first kappa shape index (κ1) is 12.7. The molecule has 1 aromatic carbocycles. The van der Waals surface area contributed by atoms with E-state index in [9.17, 15) is 4.39 Å². The molecule has 1 fully saturated rings. The summed E-state index contributed by atoms with van der Waals surface area (Å²) in [7, 11) is 1.47. The van der Waals surface area contributed by atoms with Crippen LogP contribution in [0.4, 0.5) is 4.39 Å². The summed E-state index contributed by atoms with van der Waals surface area (Å²) in [6.07, 6.45) is 1.24. The maximum Gasteiger partial charge on any atom is 0.167 e. The van der Waals surface area contributed by atoms with Crippen LogP contribution in [0.2, 0.25) is 0 Å². The molecule has 0 radical (unpaired) electrons. The van der Waals surface area contributed by atoms with Crippen LogP contribution in [-0.2, 0) is 12.4 Å². The number of fused-ring (bicyclic) bond motifs is 1. The Hall–Kier alpha value is -1.29.